The summed E-state index contributed by atoms with van der Waals surface area (Å²) in [5.41, 5.74) is 2.03. The number of pyridine rings is 1. The molecule has 34 heavy (non-hydrogen) atoms. The first-order valence-electron chi connectivity index (χ1n) is 10.8. The number of aromatic nitrogens is 6. The molecule has 4 heterocycles. The van der Waals surface area contributed by atoms with Crippen LogP contribution in [-0.2, 0) is 13.6 Å². The maximum Gasteiger partial charge on any atom is 0.336 e. The fourth-order valence-electron chi connectivity index (χ4n) is 4.13. The van der Waals surface area contributed by atoms with E-state index < -0.39 is 5.69 Å². The van der Waals surface area contributed by atoms with Gasteiger partial charge in [-0.05, 0) is 42.5 Å². The van der Waals surface area contributed by atoms with E-state index in [0.29, 0.717) is 32.7 Å². The summed E-state index contributed by atoms with van der Waals surface area (Å²) in [5.74, 6) is 0.923. The minimum Gasteiger partial charge on any atom is -0.284 e. The molecule has 0 amide bonds. The molecule has 0 saturated heterocycles. The Balaban J connectivity index is 1.62. The molecule has 0 radical (unpaired) electrons. The van der Waals surface area contributed by atoms with Crippen molar-refractivity contribution in [2.24, 2.45) is 7.05 Å². The second-order valence-corrected chi connectivity index (χ2v) is 9.86. The van der Waals surface area contributed by atoms with Crippen LogP contribution in [0.5, 0.6) is 0 Å². The van der Waals surface area contributed by atoms with Crippen molar-refractivity contribution in [2.75, 3.05) is 0 Å². The number of aryl methyl sites for hydroxylation is 1. The summed E-state index contributed by atoms with van der Waals surface area (Å²) in [6.45, 7) is 0.130. The molecule has 5 aromatic rings. The highest BCUT2D eigenvalue weighted by Gasteiger charge is 2.25. The van der Waals surface area contributed by atoms with Gasteiger partial charge in [0.2, 0.25) is 0 Å². The number of hydrogen-bond donors (Lipinski definition) is 0. The van der Waals surface area contributed by atoms with Crippen LogP contribution in [0.25, 0.3) is 26.3 Å². The first kappa shape index (κ1) is 21.0. The number of fused-ring (bicyclic) bond motifs is 1. The molecule has 1 fully saturated rings. The predicted octanol–water partition coefficient (Wildman–Crippen LogP) is 3.98. The van der Waals surface area contributed by atoms with Crippen LogP contribution in [0.3, 0.4) is 0 Å². The lowest BCUT2D eigenvalue weighted by atomic mass is 10.2. The topological polar surface area (TPSA) is 87.6 Å². The molecule has 1 aliphatic carbocycles. The molecule has 0 N–H and O–H groups in total. The van der Waals surface area contributed by atoms with E-state index >= 15 is 0 Å². The molecule has 0 aliphatic heterocycles. The lowest BCUT2D eigenvalue weighted by molar-refractivity contribution is 0.669. The van der Waals surface area contributed by atoms with Gasteiger partial charge >= 0.3 is 5.69 Å². The lowest BCUT2D eigenvalue weighted by Gasteiger charge is -2.11. The Morgan fingerprint density at radius 1 is 1.15 bits per heavy atom. The van der Waals surface area contributed by atoms with Gasteiger partial charge in [-0.1, -0.05) is 29.8 Å². The van der Waals surface area contributed by atoms with Crippen LogP contribution in [0.4, 0.5) is 0 Å². The SMILES string of the molecule is Cn1cnc(Cn2c(=O)n(-c3cncc(C4CC4)c3)c(=O)c3sc(-c4ccccc4Cl)cc32)n1. The third-order valence-corrected chi connectivity index (χ3v) is 7.44. The van der Waals surface area contributed by atoms with Gasteiger partial charge in [0.05, 0.1) is 23.9 Å². The van der Waals surface area contributed by atoms with Gasteiger partial charge in [-0.2, -0.15) is 5.10 Å². The van der Waals surface area contributed by atoms with Gasteiger partial charge < -0.3 is 0 Å². The first-order valence-corrected chi connectivity index (χ1v) is 12.0. The second kappa shape index (κ2) is 8.03. The molecule has 1 aromatic carbocycles. The average molecular weight is 491 g/mol. The molecule has 8 nitrogen and oxygen atoms in total. The minimum atomic E-state index is -0.455. The van der Waals surface area contributed by atoms with Crippen molar-refractivity contribution in [3.05, 3.63) is 92.4 Å². The molecule has 0 unspecified atom stereocenters. The molecule has 6 rings (SSSR count). The Hall–Kier alpha value is -3.56. The van der Waals surface area contributed by atoms with Crippen LogP contribution < -0.4 is 11.2 Å². The maximum absolute atomic E-state index is 13.7. The lowest BCUT2D eigenvalue weighted by Crippen LogP contribution is -2.39. The van der Waals surface area contributed by atoms with Crippen LogP contribution in [0, 0.1) is 0 Å². The largest absolute Gasteiger partial charge is 0.336 e. The Bertz CT molecular complexity index is 1680. The smallest absolute Gasteiger partial charge is 0.284 e. The number of benzene rings is 1. The number of rotatable bonds is 5. The van der Waals surface area contributed by atoms with E-state index in [2.05, 4.69) is 15.1 Å². The van der Waals surface area contributed by atoms with Crippen molar-refractivity contribution in [1.29, 1.82) is 0 Å². The van der Waals surface area contributed by atoms with Crippen molar-refractivity contribution >= 4 is 33.2 Å². The summed E-state index contributed by atoms with van der Waals surface area (Å²) in [7, 11) is 1.77. The fourth-order valence-corrected chi connectivity index (χ4v) is 5.55. The molecule has 0 spiro atoms. The van der Waals surface area contributed by atoms with Gasteiger partial charge in [0, 0.05) is 28.7 Å². The van der Waals surface area contributed by atoms with E-state index in [1.807, 2.05) is 36.5 Å². The third kappa shape index (κ3) is 3.57. The van der Waals surface area contributed by atoms with Gasteiger partial charge in [-0.3, -0.25) is 19.0 Å². The molecule has 0 atom stereocenters. The molecule has 1 saturated carbocycles. The highest BCUT2D eigenvalue weighted by Crippen LogP contribution is 2.40. The Kier molecular flexibility index (Phi) is 4.96. The highest BCUT2D eigenvalue weighted by molar-refractivity contribution is 7.22. The van der Waals surface area contributed by atoms with Gasteiger partial charge in [-0.15, -0.1) is 11.3 Å². The molecule has 1 aliphatic rings. The summed E-state index contributed by atoms with van der Waals surface area (Å²) >= 11 is 7.75. The predicted molar refractivity (Wildman–Crippen MR) is 132 cm³/mol. The summed E-state index contributed by atoms with van der Waals surface area (Å²) in [6.07, 6.45) is 7.15. The van der Waals surface area contributed by atoms with Gasteiger partial charge in [0.15, 0.2) is 5.82 Å². The minimum absolute atomic E-state index is 0.130. The van der Waals surface area contributed by atoms with Crippen molar-refractivity contribution in [1.82, 2.24) is 28.9 Å². The van der Waals surface area contributed by atoms with E-state index in [-0.39, 0.29) is 12.1 Å². The van der Waals surface area contributed by atoms with E-state index in [4.69, 9.17) is 11.6 Å². The quantitative estimate of drug-likeness (QED) is 0.372. The number of thiophene rings is 1. The Labute approximate surface area is 202 Å². The third-order valence-electron chi connectivity index (χ3n) is 5.96. The Morgan fingerprint density at radius 2 is 1.97 bits per heavy atom. The average Bonchev–Trinajstić information content (AvgIpc) is 3.46. The summed E-state index contributed by atoms with van der Waals surface area (Å²) in [4.78, 5) is 36.8. The second-order valence-electron chi connectivity index (χ2n) is 8.40. The first-order chi connectivity index (χ1) is 16.5. The normalized spacial score (nSPS) is 13.6. The van der Waals surface area contributed by atoms with E-state index in [0.717, 1.165) is 28.8 Å². The van der Waals surface area contributed by atoms with Crippen LogP contribution in [-0.4, -0.2) is 28.9 Å². The number of hydrogen-bond acceptors (Lipinski definition) is 6. The van der Waals surface area contributed by atoms with Crippen LogP contribution in [0.1, 0.15) is 30.1 Å². The maximum atomic E-state index is 13.7. The molecule has 0 bridgehead atoms. The highest BCUT2D eigenvalue weighted by atomic mass is 35.5. The monoisotopic (exact) mass is 490 g/mol. The van der Waals surface area contributed by atoms with Crippen molar-refractivity contribution < 1.29 is 0 Å². The molecular weight excluding hydrogens is 472 g/mol. The molecule has 4 aromatic heterocycles. The molecule has 10 heteroatoms. The molecular formula is C24H19ClN6O2S. The number of halogens is 1. The molecule has 170 valence electrons. The zero-order valence-corrected chi connectivity index (χ0v) is 19.8. The van der Waals surface area contributed by atoms with Crippen molar-refractivity contribution in [3.8, 4) is 16.1 Å². The van der Waals surface area contributed by atoms with Crippen LogP contribution >= 0.6 is 22.9 Å². The zero-order chi connectivity index (χ0) is 23.4. The van der Waals surface area contributed by atoms with Crippen molar-refractivity contribution in [3.63, 3.8) is 0 Å². The van der Waals surface area contributed by atoms with E-state index in [9.17, 15) is 9.59 Å². The zero-order valence-electron chi connectivity index (χ0n) is 18.2. The standard InChI is InChI=1S/C24H19ClN6O2S/c1-29-13-27-21(28-29)12-30-19-9-20(17-4-2-3-5-18(17)25)34-22(19)23(32)31(24(30)33)16-8-15(10-26-11-16)14-6-7-14/h2-5,8-11,13-14H,6-7,12H2,1H3. The van der Waals surface area contributed by atoms with E-state index in [1.165, 1.54) is 15.9 Å². The van der Waals surface area contributed by atoms with E-state index in [1.54, 1.807) is 34.9 Å². The summed E-state index contributed by atoms with van der Waals surface area (Å²) in [6, 6.07) is 11.2. The number of nitrogens with zero attached hydrogens (tertiary/aromatic N) is 6. The van der Waals surface area contributed by atoms with Crippen LogP contribution in [0.15, 0.2) is 64.7 Å². The Morgan fingerprint density at radius 3 is 2.71 bits per heavy atom. The van der Waals surface area contributed by atoms with Gasteiger partial charge in [0.25, 0.3) is 5.56 Å². The summed E-state index contributed by atoms with van der Waals surface area (Å²) in [5, 5.41) is 4.91. The van der Waals surface area contributed by atoms with Crippen molar-refractivity contribution in [2.45, 2.75) is 25.3 Å². The van der Waals surface area contributed by atoms with Gasteiger partial charge in [0.1, 0.15) is 11.0 Å². The fraction of sp³-hybridized carbons (Fsp3) is 0.208. The van der Waals surface area contributed by atoms with Crippen LogP contribution in [0.2, 0.25) is 5.02 Å². The van der Waals surface area contributed by atoms with Gasteiger partial charge in [-0.25, -0.2) is 14.3 Å². The summed E-state index contributed by atoms with van der Waals surface area (Å²) < 4.78 is 4.80.